The zero-order chi connectivity index (χ0) is 39.6. The molecule has 0 radical (unpaired) electrons. The number of piperidine rings is 1. The van der Waals surface area contributed by atoms with Crippen LogP contribution in [0.4, 0.5) is 5.69 Å². The van der Waals surface area contributed by atoms with Gasteiger partial charge in [-0.15, -0.1) is 0 Å². The van der Waals surface area contributed by atoms with Gasteiger partial charge in [-0.1, -0.05) is 44.2 Å². The molecule has 5 N–H and O–H groups in total. The number of carbonyl (C=O) groups excluding carboxylic acids is 2. The Hall–Kier alpha value is -3.94. The molecule has 2 saturated heterocycles. The van der Waals surface area contributed by atoms with Crippen LogP contribution in [0.2, 0.25) is 0 Å². The number of aromatic nitrogens is 1. The van der Waals surface area contributed by atoms with E-state index in [0.717, 1.165) is 46.5 Å². The van der Waals surface area contributed by atoms with Crippen molar-refractivity contribution in [2.24, 2.45) is 11.3 Å². The van der Waals surface area contributed by atoms with E-state index >= 15 is 4.79 Å². The number of carbonyl (C=O) groups is 2. The highest BCUT2D eigenvalue weighted by molar-refractivity contribution is 5.95. The molecular formula is C44H57N5O7. The van der Waals surface area contributed by atoms with Crippen LogP contribution in [0.15, 0.2) is 48.6 Å². The van der Waals surface area contributed by atoms with Crippen LogP contribution in [0.3, 0.4) is 0 Å². The van der Waals surface area contributed by atoms with Crippen LogP contribution in [0.5, 0.6) is 5.75 Å². The minimum atomic E-state index is -2.18. The number of ether oxygens (including phenoxy) is 2. The minimum absolute atomic E-state index is 0.0712. The Balaban J connectivity index is 1.36. The number of fused-ring (bicyclic) bond motifs is 6. The van der Waals surface area contributed by atoms with E-state index in [4.69, 9.17) is 9.47 Å². The molecule has 2 bridgehead atoms. The van der Waals surface area contributed by atoms with E-state index in [1.807, 2.05) is 56.1 Å². The van der Waals surface area contributed by atoms with Gasteiger partial charge in [-0.25, -0.2) is 0 Å². The monoisotopic (exact) mass is 767 g/mol. The summed E-state index contributed by atoms with van der Waals surface area (Å²) < 4.78 is 12.3. The number of aliphatic hydroxyl groups excluding tert-OH is 1. The highest BCUT2D eigenvalue weighted by Gasteiger charge is 2.78. The average molecular weight is 768 g/mol. The summed E-state index contributed by atoms with van der Waals surface area (Å²) in [6.45, 7) is 7.49. The SMILES string of the molecule is CC[C@]1(O)CC2CN(CCc3c([nH]c4ccccc34)[C@@](C(=O)OC)(c3cc4c(cc3OC)N(C)[C@H]3[C@@](O)(C(=O)NC)[C@H](O)[C@]5(CC)C=CCN6CC[C@]43[C@@H]65)C2)C1. The first-order valence-electron chi connectivity index (χ1n) is 20.5. The van der Waals surface area contributed by atoms with Crippen molar-refractivity contribution in [2.75, 3.05) is 65.9 Å². The smallest absolute Gasteiger partial charge is 0.322 e. The number of amides is 1. The number of benzene rings is 2. The molecule has 3 aromatic rings. The maximum Gasteiger partial charge on any atom is 0.322 e. The zero-order valence-corrected chi connectivity index (χ0v) is 33.5. The zero-order valence-electron chi connectivity index (χ0n) is 33.5. The third kappa shape index (κ3) is 4.59. The van der Waals surface area contributed by atoms with Crippen LogP contribution in [-0.2, 0) is 31.6 Å². The summed E-state index contributed by atoms with van der Waals surface area (Å²) in [4.78, 5) is 39.9. The lowest BCUT2D eigenvalue weighted by molar-refractivity contribution is -0.203. The van der Waals surface area contributed by atoms with Gasteiger partial charge in [0, 0.05) is 91.1 Å². The van der Waals surface area contributed by atoms with Crippen LogP contribution < -0.4 is 15.0 Å². The molecule has 1 saturated carbocycles. The molecule has 3 fully saturated rings. The van der Waals surface area contributed by atoms with Gasteiger partial charge in [-0.05, 0) is 74.2 Å². The molecule has 10 atom stereocenters. The Morgan fingerprint density at radius 3 is 2.54 bits per heavy atom. The van der Waals surface area contributed by atoms with Crippen molar-refractivity contribution in [1.82, 2.24) is 20.1 Å². The van der Waals surface area contributed by atoms with E-state index in [1.54, 1.807) is 7.11 Å². The highest BCUT2D eigenvalue weighted by atomic mass is 16.5. The normalized spacial score (nSPS) is 38.4. The minimum Gasteiger partial charge on any atom is -0.496 e. The fraction of sp³-hybridized carbons (Fsp3) is 0.591. The van der Waals surface area contributed by atoms with Crippen LogP contribution in [-0.4, -0.2) is 132 Å². The molecule has 300 valence electrons. The predicted molar refractivity (Wildman–Crippen MR) is 213 cm³/mol. The Kier molecular flexibility index (Phi) is 8.59. The number of nitrogens with zero attached hydrogens (tertiary/aromatic N) is 3. The molecule has 2 unspecified atom stereocenters. The second kappa shape index (κ2) is 12.8. The fourth-order valence-electron chi connectivity index (χ4n) is 13.2. The molecule has 6 heterocycles. The van der Waals surface area contributed by atoms with Crippen molar-refractivity contribution < 1.29 is 34.4 Å². The second-order valence-electron chi connectivity index (χ2n) is 17.7. The summed E-state index contributed by atoms with van der Waals surface area (Å²) in [7, 11) is 6.46. The fourth-order valence-corrected chi connectivity index (χ4v) is 13.2. The largest absolute Gasteiger partial charge is 0.496 e. The molecule has 1 aromatic heterocycles. The molecule has 2 aromatic carbocycles. The lowest BCUT2D eigenvalue weighted by Gasteiger charge is -2.63. The Bertz CT molecular complexity index is 2140. The number of hydrogen-bond donors (Lipinski definition) is 5. The van der Waals surface area contributed by atoms with Gasteiger partial charge in [0.25, 0.3) is 5.91 Å². The van der Waals surface area contributed by atoms with Crippen LogP contribution >= 0.6 is 0 Å². The third-order valence-electron chi connectivity index (χ3n) is 15.4. The Morgan fingerprint density at radius 2 is 1.82 bits per heavy atom. The topological polar surface area (TPSA) is 151 Å². The van der Waals surface area contributed by atoms with Crippen molar-refractivity contribution in [3.63, 3.8) is 0 Å². The lowest BCUT2D eigenvalue weighted by Crippen LogP contribution is -2.81. The molecule has 6 aliphatic rings. The molecule has 1 aliphatic carbocycles. The van der Waals surface area contributed by atoms with Gasteiger partial charge in [-0.3, -0.25) is 19.4 Å². The maximum atomic E-state index is 15.2. The van der Waals surface area contributed by atoms with E-state index in [1.165, 1.54) is 14.2 Å². The quantitative estimate of drug-likeness (QED) is 0.187. The number of H-pyrrole nitrogens is 1. The highest BCUT2D eigenvalue weighted by Crippen LogP contribution is 2.67. The summed E-state index contributed by atoms with van der Waals surface area (Å²) in [5, 5.41) is 41.1. The summed E-state index contributed by atoms with van der Waals surface area (Å²) in [6, 6.07) is 11.2. The van der Waals surface area contributed by atoms with Crippen molar-refractivity contribution in [3.8, 4) is 5.75 Å². The first kappa shape index (κ1) is 37.6. The number of esters is 1. The third-order valence-corrected chi connectivity index (χ3v) is 15.4. The van der Waals surface area contributed by atoms with Crippen molar-refractivity contribution in [2.45, 2.75) is 92.6 Å². The number of methoxy groups -OCH3 is 2. The van der Waals surface area contributed by atoms with E-state index in [-0.39, 0.29) is 12.0 Å². The standard InChI is InChI=1S/C44H57N5O7/c1-7-40(53)22-26-23-43(39(52)56-6,34-28(14-18-48(24-26)25-40)27-12-9-10-13-31(27)46-34)30-20-29-32(21-33(30)55-5)47(4)36-42(29)16-19-49-17-11-15-41(8-2,35(42)49)37(50)44(36,54)38(51)45-3/h9-13,15,20-21,26,35-37,46,50,53-54H,7-8,14,16-19,22-25H2,1-6H3,(H,45,51)/t26?,35-,36+,37+,40-,41+,42+,43-,44-/m0/s1. The van der Waals surface area contributed by atoms with Gasteiger partial charge in [-0.2, -0.15) is 0 Å². The van der Waals surface area contributed by atoms with Crippen molar-refractivity contribution >= 4 is 28.5 Å². The van der Waals surface area contributed by atoms with E-state index < -0.39 is 51.5 Å². The van der Waals surface area contributed by atoms with Crippen LogP contribution in [0, 0.1) is 11.3 Å². The lowest BCUT2D eigenvalue weighted by atomic mass is 9.47. The molecule has 1 spiro atoms. The summed E-state index contributed by atoms with van der Waals surface area (Å²) in [5.41, 5.74) is -1.12. The Labute approximate surface area is 328 Å². The van der Waals surface area contributed by atoms with Gasteiger partial charge in [0.1, 0.15) is 17.3 Å². The summed E-state index contributed by atoms with van der Waals surface area (Å²) >= 11 is 0. The van der Waals surface area contributed by atoms with E-state index in [2.05, 4.69) is 38.3 Å². The molecule has 12 heteroatoms. The van der Waals surface area contributed by atoms with Gasteiger partial charge in [0.2, 0.25) is 0 Å². The Morgan fingerprint density at radius 1 is 1.04 bits per heavy atom. The number of anilines is 1. The predicted octanol–water partition coefficient (Wildman–Crippen LogP) is 2.99. The van der Waals surface area contributed by atoms with Crippen molar-refractivity contribution in [3.05, 3.63) is 70.9 Å². The van der Waals surface area contributed by atoms with Gasteiger partial charge < -0.3 is 40.0 Å². The molecule has 1 amide bonds. The number of aromatic amines is 1. The van der Waals surface area contributed by atoms with Crippen molar-refractivity contribution in [1.29, 1.82) is 0 Å². The number of para-hydroxylation sites is 1. The molecule has 5 aliphatic heterocycles. The molecule has 12 nitrogen and oxygen atoms in total. The van der Waals surface area contributed by atoms with E-state index in [0.29, 0.717) is 69.5 Å². The molecule has 56 heavy (non-hydrogen) atoms. The second-order valence-corrected chi connectivity index (χ2v) is 17.7. The first-order chi connectivity index (χ1) is 26.8. The van der Waals surface area contributed by atoms with E-state index in [9.17, 15) is 20.1 Å². The molecule has 9 rings (SSSR count). The van der Waals surface area contributed by atoms with Gasteiger partial charge in [0.05, 0.1) is 25.9 Å². The van der Waals surface area contributed by atoms with Crippen LogP contribution in [0.25, 0.3) is 10.9 Å². The van der Waals surface area contributed by atoms with Gasteiger partial charge in [0.15, 0.2) is 5.60 Å². The number of likely N-dealkylation sites (N-methyl/N-ethyl adjacent to an activating group) is 2. The van der Waals surface area contributed by atoms with Gasteiger partial charge >= 0.3 is 5.97 Å². The maximum absolute atomic E-state index is 15.2. The molecular weight excluding hydrogens is 711 g/mol. The number of aliphatic hydroxyl groups is 3. The van der Waals surface area contributed by atoms with Crippen LogP contribution in [0.1, 0.15) is 68.3 Å². The number of hydrogen-bond acceptors (Lipinski definition) is 10. The summed E-state index contributed by atoms with van der Waals surface area (Å²) in [6.07, 6.45) is 6.01. The number of rotatable bonds is 6. The summed E-state index contributed by atoms with van der Waals surface area (Å²) in [5.74, 6) is -0.624. The number of nitrogens with one attached hydrogen (secondary N) is 2. The first-order valence-corrected chi connectivity index (χ1v) is 20.5. The average Bonchev–Trinajstić information content (AvgIpc) is 3.87.